The summed E-state index contributed by atoms with van der Waals surface area (Å²) in [6.45, 7) is 2.59. The number of H-pyrrole nitrogens is 1. The molecule has 0 aliphatic heterocycles. The van der Waals surface area contributed by atoms with Gasteiger partial charge in [-0.1, -0.05) is 19.1 Å². The lowest BCUT2D eigenvalue weighted by molar-refractivity contribution is 0.0982. The van der Waals surface area contributed by atoms with E-state index < -0.39 is 0 Å². The largest absolute Gasteiger partial charge is 0.397 e. The number of nitrogens with zero attached hydrogens (tertiary/aromatic N) is 3. The van der Waals surface area contributed by atoms with E-state index in [1.165, 1.54) is 6.20 Å². The van der Waals surface area contributed by atoms with Crippen LogP contribution in [0.1, 0.15) is 23.8 Å². The van der Waals surface area contributed by atoms with Crippen LogP contribution in [0.3, 0.4) is 0 Å². The maximum absolute atomic E-state index is 12.3. The highest BCUT2D eigenvalue weighted by Gasteiger charge is 2.20. The summed E-state index contributed by atoms with van der Waals surface area (Å²) in [5, 5.41) is 9.89. The summed E-state index contributed by atoms with van der Waals surface area (Å²) in [6.07, 6.45) is 2.24. The van der Waals surface area contributed by atoms with Crippen LogP contribution in [0.2, 0.25) is 0 Å². The lowest BCUT2D eigenvalue weighted by Gasteiger charge is -2.22. The zero-order valence-corrected chi connectivity index (χ0v) is 10.1. The Morgan fingerprint density at radius 2 is 2.22 bits per heavy atom. The highest BCUT2D eigenvalue weighted by Crippen LogP contribution is 2.23. The summed E-state index contributed by atoms with van der Waals surface area (Å²) in [5.41, 5.74) is 7.46. The second-order valence-electron chi connectivity index (χ2n) is 3.87. The van der Waals surface area contributed by atoms with E-state index in [4.69, 9.17) is 5.73 Å². The quantitative estimate of drug-likeness (QED) is 0.798. The van der Waals surface area contributed by atoms with Crippen molar-refractivity contribution in [3.05, 3.63) is 36.2 Å². The van der Waals surface area contributed by atoms with Crippen LogP contribution in [0, 0.1) is 0 Å². The Bertz CT molecular complexity index is 523. The summed E-state index contributed by atoms with van der Waals surface area (Å²) < 4.78 is 0. The molecule has 0 saturated carbocycles. The summed E-state index contributed by atoms with van der Waals surface area (Å²) in [4.78, 5) is 13.9. The van der Waals surface area contributed by atoms with Crippen molar-refractivity contribution in [3.63, 3.8) is 0 Å². The topological polar surface area (TPSA) is 87.9 Å². The minimum atomic E-state index is -0.205. The van der Waals surface area contributed by atoms with Gasteiger partial charge in [0.25, 0.3) is 5.91 Å². The molecule has 6 nitrogen and oxygen atoms in total. The van der Waals surface area contributed by atoms with E-state index in [2.05, 4.69) is 15.4 Å². The number of hydrogen-bond acceptors (Lipinski definition) is 4. The Kier molecular flexibility index (Phi) is 3.57. The number of aromatic nitrogens is 3. The summed E-state index contributed by atoms with van der Waals surface area (Å²) in [5.74, 6) is -0.205. The van der Waals surface area contributed by atoms with E-state index in [0.29, 0.717) is 17.9 Å². The Morgan fingerprint density at radius 1 is 1.44 bits per heavy atom. The fourth-order valence-electron chi connectivity index (χ4n) is 1.73. The molecule has 0 fully saturated rings. The first-order chi connectivity index (χ1) is 8.74. The van der Waals surface area contributed by atoms with E-state index in [0.717, 1.165) is 6.42 Å². The van der Waals surface area contributed by atoms with E-state index in [1.54, 1.807) is 11.0 Å². The number of rotatable bonds is 4. The molecule has 1 amide bonds. The number of aromatic amines is 1. The lowest BCUT2D eigenvalue weighted by atomic mass is 10.2. The first-order valence-electron chi connectivity index (χ1n) is 5.76. The lowest BCUT2D eigenvalue weighted by Crippen LogP contribution is -2.32. The van der Waals surface area contributed by atoms with Crippen molar-refractivity contribution in [1.82, 2.24) is 15.4 Å². The number of amides is 1. The van der Waals surface area contributed by atoms with Crippen molar-refractivity contribution >= 4 is 17.3 Å². The molecular formula is C12H15N5O. The first-order valence-corrected chi connectivity index (χ1v) is 5.76. The normalized spacial score (nSPS) is 10.3. The van der Waals surface area contributed by atoms with E-state index in [1.807, 2.05) is 25.1 Å². The van der Waals surface area contributed by atoms with Gasteiger partial charge >= 0.3 is 0 Å². The van der Waals surface area contributed by atoms with Crippen molar-refractivity contribution in [3.8, 4) is 0 Å². The molecule has 0 unspecified atom stereocenters. The van der Waals surface area contributed by atoms with Crippen LogP contribution in [0.15, 0.2) is 30.5 Å². The standard InChI is InChI=1S/C12H15N5O/c1-2-7-17(11-6-4-3-5-9(11)13)12(18)10-8-14-16-15-10/h3-6,8H,2,7,13H2,1H3,(H,14,15,16). The average Bonchev–Trinajstić information content (AvgIpc) is 2.90. The highest BCUT2D eigenvalue weighted by molar-refractivity contribution is 6.06. The monoisotopic (exact) mass is 245 g/mol. The summed E-state index contributed by atoms with van der Waals surface area (Å²) in [7, 11) is 0. The van der Waals surface area contributed by atoms with Crippen LogP contribution < -0.4 is 10.6 Å². The number of carbonyl (C=O) groups is 1. The maximum Gasteiger partial charge on any atom is 0.280 e. The number of hydrogen-bond donors (Lipinski definition) is 2. The number of nitrogen functional groups attached to an aromatic ring is 1. The van der Waals surface area contributed by atoms with Crippen LogP contribution in [-0.4, -0.2) is 27.9 Å². The molecule has 0 aliphatic rings. The molecule has 0 aliphatic carbocycles. The molecule has 1 heterocycles. The molecule has 0 spiro atoms. The Morgan fingerprint density at radius 3 is 2.83 bits per heavy atom. The maximum atomic E-state index is 12.3. The van der Waals surface area contributed by atoms with Crippen molar-refractivity contribution in [2.24, 2.45) is 0 Å². The smallest absolute Gasteiger partial charge is 0.280 e. The number of benzene rings is 1. The Labute approximate surface area is 105 Å². The van der Waals surface area contributed by atoms with Crippen molar-refractivity contribution in [1.29, 1.82) is 0 Å². The molecule has 1 aromatic heterocycles. The number of anilines is 2. The van der Waals surface area contributed by atoms with Gasteiger partial charge < -0.3 is 10.6 Å². The average molecular weight is 245 g/mol. The molecule has 0 saturated heterocycles. The third kappa shape index (κ3) is 2.32. The zero-order chi connectivity index (χ0) is 13.0. The van der Waals surface area contributed by atoms with Gasteiger partial charge in [-0.15, -0.1) is 0 Å². The van der Waals surface area contributed by atoms with Gasteiger partial charge in [0.2, 0.25) is 0 Å². The van der Waals surface area contributed by atoms with Crippen LogP contribution in [0.4, 0.5) is 11.4 Å². The van der Waals surface area contributed by atoms with Gasteiger partial charge in [-0.05, 0) is 18.6 Å². The third-order valence-corrected chi connectivity index (χ3v) is 2.55. The van der Waals surface area contributed by atoms with Gasteiger partial charge in [-0.2, -0.15) is 15.4 Å². The molecule has 2 aromatic rings. The third-order valence-electron chi connectivity index (χ3n) is 2.55. The van der Waals surface area contributed by atoms with E-state index in [9.17, 15) is 4.79 Å². The molecule has 0 radical (unpaired) electrons. The van der Waals surface area contributed by atoms with Crippen LogP contribution in [0.25, 0.3) is 0 Å². The second kappa shape index (κ2) is 5.31. The molecule has 0 bridgehead atoms. The van der Waals surface area contributed by atoms with Gasteiger partial charge in [0.15, 0.2) is 5.69 Å². The molecule has 2 rings (SSSR count). The molecule has 94 valence electrons. The SMILES string of the molecule is CCCN(C(=O)c1cn[nH]n1)c1ccccc1N. The Balaban J connectivity index is 2.34. The minimum Gasteiger partial charge on any atom is -0.397 e. The van der Waals surface area contributed by atoms with Gasteiger partial charge in [-0.3, -0.25) is 4.79 Å². The number of carbonyl (C=O) groups excluding carboxylic acids is 1. The highest BCUT2D eigenvalue weighted by atomic mass is 16.2. The number of nitrogens with two attached hydrogens (primary N) is 1. The summed E-state index contributed by atoms with van der Waals surface area (Å²) in [6, 6.07) is 7.28. The Hall–Kier alpha value is -2.37. The minimum absolute atomic E-state index is 0.205. The van der Waals surface area contributed by atoms with Gasteiger partial charge in [0.1, 0.15) is 0 Å². The predicted molar refractivity (Wildman–Crippen MR) is 69.2 cm³/mol. The zero-order valence-electron chi connectivity index (χ0n) is 10.1. The summed E-state index contributed by atoms with van der Waals surface area (Å²) >= 11 is 0. The van der Waals surface area contributed by atoms with Crippen LogP contribution in [-0.2, 0) is 0 Å². The van der Waals surface area contributed by atoms with Crippen molar-refractivity contribution in [2.45, 2.75) is 13.3 Å². The molecule has 3 N–H and O–H groups in total. The predicted octanol–water partition coefficient (Wildman–Crippen LogP) is 1.44. The van der Waals surface area contributed by atoms with Gasteiger partial charge in [-0.25, -0.2) is 0 Å². The van der Waals surface area contributed by atoms with Gasteiger partial charge in [0, 0.05) is 6.54 Å². The van der Waals surface area contributed by atoms with E-state index in [-0.39, 0.29) is 11.6 Å². The van der Waals surface area contributed by atoms with Crippen LogP contribution in [0.5, 0.6) is 0 Å². The molecule has 1 aromatic carbocycles. The number of nitrogens with one attached hydrogen (secondary N) is 1. The molecule has 6 heteroatoms. The van der Waals surface area contributed by atoms with E-state index >= 15 is 0 Å². The van der Waals surface area contributed by atoms with Crippen LogP contribution >= 0.6 is 0 Å². The molecule has 0 atom stereocenters. The van der Waals surface area contributed by atoms with Crippen molar-refractivity contribution < 1.29 is 4.79 Å². The second-order valence-corrected chi connectivity index (χ2v) is 3.87. The molecule has 18 heavy (non-hydrogen) atoms. The fraction of sp³-hybridized carbons (Fsp3) is 0.250. The van der Waals surface area contributed by atoms with Crippen molar-refractivity contribution in [2.75, 3.05) is 17.2 Å². The number of para-hydroxylation sites is 2. The van der Waals surface area contributed by atoms with Gasteiger partial charge in [0.05, 0.1) is 17.6 Å². The molecular weight excluding hydrogens is 230 g/mol. The first kappa shape index (κ1) is 12.1. The fourth-order valence-corrected chi connectivity index (χ4v) is 1.73.